The number of ether oxygens (including phenoxy) is 2. The Hall–Kier alpha value is -2.36. The Morgan fingerprint density at radius 3 is 2.21 bits per heavy atom. The molecule has 2 rings (SSSR count). The van der Waals surface area contributed by atoms with Crippen LogP contribution in [0.4, 0.5) is 11.4 Å². The van der Waals surface area contributed by atoms with Crippen molar-refractivity contribution in [1.29, 1.82) is 0 Å². The zero-order chi connectivity index (χ0) is 13.8. The molecule has 0 fully saturated rings. The highest BCUT2D eigenvalue weighted by Crippen LogP contribution is 2.35. The molecule has 0 spiro atoms. The topological polar surface area (TPSA) is 41.6 Å². The average molecular weight is 258 g/mol. The van der Waals surface area contributed by atoms with Gasteiger partial charge >= 0.3 is 0 Å². The molecule has 19 heavy (non-hydrogen) atoms. The number of benzene rings is 2. The first kappa shape index (κ1) is 13.1. The molecule has 4 nitrogen and oxygen atoms in total. The van der Waals surface area contributed by atoms with Crippen LogP contribution < -0.4 is 14.4 Å². The molecule has 0 unspecified atom stereocenters. The summed E-state index contributed by atoms with van der Waals surface area (Å²) in [4.78, 5) is 1.96. The maximum Gasteiger partial charge on any atom is 0.178 e. The molecular weight excluding hydrogens is 242 g/mol. The standard InChI is InChI=1S/C15H16NO3/c1-16(11-4-6-12(17)7-5-11)14-9-8-13(18-2)10-15(14)19-3/h4-10H,1-3H3. The minimum Gasteiger partial charge on any atom is -0.497 e. The summed E-state index contributed by atoms with van der Waals surface area (Å²) in [5, 5.41) is 11.1. The molecule has 0 aliphatic heterocycles. The third-order valence-corrected chi connectivity index (χ3v) is 2.97. The summed E-state index contributed by atoms with van der Waals surface area (Å²) in [5.41, 5.74) is 1.82. The van der Waals surface area contributed by atoms with Crippen molar-refractivity contribution in [3.63, 3.8) is 0 Å². The number of rotatable bonds is 4. The van der Waals surface area contributed by atoms with Crippen LogP contribution in [0.5, 0.6) is 17.2 Å². The fraction of sp³-hybridized carbons (Fsp3) is 0.200. The van der Waals surface area contributed by atoms with E-state index >= 15 is 0 Å². The molecule has 0 atom stereocenters. The molecule has 0 amide bonds. The van der Waals surface area contributed by atoms with Gasteiger partial charge < -0.3 is 14.4 Å². The number of hydrogen-bond donors (Lipinski definition) is 0. The zero-order valence-corrected chi connectivity index (χ0v) is 11.2. The quantitative estimate of drug-likeness (QED) is 0.841. The highest BCUT2D eigenvalue weighted by Gasteiger charge is 2.11. The van der Waals surface area contributed by atoms with E-state index in [9.17, 15) is 5.11 Å². The maximum atomic E-state index is 11.1. The predicted molar refractivity (Wildman–Crippen MR) is 74.2 cm³/mol. The molecule has 2 aromatic rings. The molecule has 0 aromatic heterocycles. The Balaban J connectivity index is 2.37. The van der Waals surface area contributed by atoms with E-state index in [0.717, 1.165) is 17.1 Å². The Bertz CT molecular complexity index is 552. The number of nitrogens with zero attached hydrogens (tertiary/aromatic N) is 1. The third-order valence-electron chi connectivity index (χ3n) is 2.97. The molecule has 0 heterocycles. The van der Waals surface area contributed by atoms with Crippen molar-refractivity contribution in [1.82, 2.24) is 0 Å². The molecule has 2 aromatic carbocycles. The molecule has 4 heteroatoms. The Morgan fingerprint density at radius 1 is 0.947 bits per heavy atom. The van der Waals surface area contributed by atoms with Crippen molar-refractivity contribution in [2.24, 2.45) is 0 Å². The molecule has 0 aliphatic carbocycles. The smallest absolute Gasteiger partial charge is 0.178 e. The molecule has 0 bridgehead atoms. The first-order valence-electron chi connectivity index (χ1n) is 5.88. The summed E-state index contributed by atoms with van der Waals surface area (Å²) < 4.78 is 10.5. The second-order valence-electron chi connectivity index (χ2n) is 4.09. The largest absolute Gasteiger partial charge is 0.497 e. The minimum atomic E-state index is -0.00107. The van der Waals surface area contributed by atoms with Crippen LogP contribution in [-0.2, 0) is 5.11 Å². The summed E-state index contributed by atoms with van der Waals surface area (Å²) in [6.45, 7) is 0. The van der Waals surface area contributed by atoms with Gasteiger partial charge in [-0.1, -0.05) is 0 Å². The highest BCUT2D eigenvalue weighted by atomic mass is 16.5. The van der Waals surface area contributed by atoms with Crippen LogP contribution in [0.25, 0.3) is 0 Å². The fourth-order valence-corrected chi connectivity index (χ4v) is 1.87. The molecule has 0 aliphatic rings. The lowest BCUT2D eigenvalue weighted by Crippen LogP contribution is -2.10. The normalized spacial score (nSPS) is 10.1. The fourth-order valence-electron chi connectivity index (χ4n) is 1.87. The van der Waals surface area contributed by atoms with Gasteiger partial charge in [0.2, 0.25) is 0 Å². The van der Waals surface area contributed by atoms with Gasteiger partial charge in [-0.15, -0.1) is 0 Å². The van der Waals surface area contributed by atoms with Crippen LogP contribution in [-0.4, -0.2) is 21.3 Å². The van der Waals surface area contributed by atoms with Crippen molar-refractivity contribution in [3.8, 4) is 17.2 Å². The van der Waals surface area contributed by atoms with Gasteiger partial charge in [-0.2, -0.15) is 0 Å². The van der Waals surface area contributed by atoms with Crippen LogP contribution in [0.3, 0.4) is 0 Å². The van der Waals surface area contributed by atoms with Gasteiger partial charge in [-0.3, -0.25) is 5.11 Å². The maximum absolute atomic E-state index is 11.1. The van der Waals surface area contributed by atoms with Gasteiger partial charge in [0.15, 0.2) is 5.75 Å². The summed E-state index contributed by atoms with van der Waals surface area (Å²) in [5.74, 6) is 1.45. The van der Waals surface area contributed by atoms with Crippen LogP contribution in [0.2, 0.25) is 0 Å². The molecule has 99 valence electrons. The van der Waals surface area contributed by atoms with Gasteiger partial charge in [-0.05, 0) is 36.4 Å². The van der Waals surface area contributed by atoms with E-state index in [1.807, 2.05) is 30.1 Å². The third kappa shape index (κ3) is 2.73. The summed E-state index contributed by atoms with van der Waals surface area (Å²) in [6, 6.07) is 12.3. The molecular formula is C15H16NO3. The monoisotopic (exact) mass is 258 g/mol. The van der Waals surface area contributed by atoms with E-state index in [-0.39, 0.29) is 5.75 Å². The average Bonchev–Trinajstić information content (AvgIpc) is 2.46. The van der Waals surface area contributed by atoms with Gasteiger partial charge in [0.05, 0.1) is 19.9 Å². The van der Waals surface area contributed by atoms with Crippen LogP contribution >= 0.6 is 0 Å². The van der Waals surface area contributed by atoms with E-state index in [1.165, 1.54) is 0 Å². The summed E-state index contributed by atoms with van der Waals surface area (Å²) in [6.07, 6.45) is 0. The van der Waals surface area contributed by atoms with Crippen LogP contribution in [0.15, 0.2) is 42.5 Å². The van der Waals surface area contributed by atoms with E-state index in [4.69, 9.17) is 9.47 Å². The van der Waals surface area contributed by atoms with Crippen LogP contribution in [0.1, 0.15) is 0 Å². The SMILES string of the molecule is COc1ccc(N(C)c2ccc([O])cc2)c(OC)c1. The Labute approximate surface area is 112 Å². The summed E-state index contributed by atoms with van der Waals surface area (Å²) in [7, 11) is 5.15. The highest BCUT2D eigenvalue weighted by molar-refractivity contribution is 5.70. The molecule has 0 saturated heterocycles. The number of anilines is 2. The van der Waals surface area contributed by atoms with Crippen molar-refractivity contribution < 1.29 is 14.6 Å². The van der Waals surface area contributed by atoms with Crippen LogP contribution in [0, 0.1) is 0 Å². The van der Waals surface area contributed by atoms with Crippen molar-refractivity contribution in [3.05, 3.63) is 42.5 Å². The van der Waals surface area contributed by atoms with E-state index < -0.39 is 0 Å². The van der Waals surface area contributed by atoms with Crippen molar-refractivity contribution in [2.45, 2.75) is 0 Å². The zero-order valence-electron chi connectivity index (χ0n) is 11.2. The lowest BCUT2D eigenvalue weighted by Gasteiger charge is -2.22. The lowest BCUT2D eigenvalue weighted by atomic mass is 10.2. The van der Waals surface area contributed by atoms with E-state index in [0.29, 0.717) is 5.75 Å². The molecule has 0 N–H and O–H groups in total. The van der Waals surface area contributed by atoms with Gasteiger partial charge in [0.25, 0.3) is 0 Å². The molecule has 1 radical (unpaired) electrons. The first-order valence-corrected chi connectivity index (χ1v) is 5.88. The van der Waals surface area contributed by atoms with Gasteiger partial charge in [-0.25, -0.2) is 0 Å². The second kappa shape index (κ2) is 5.52. The first-order chi connectivity index (χ1) is 9.15. The van der Waals surface area contributed by atoms with E-state index in [1.54, 1.807) is 38.5 Å². The second-order valence-corrected chi connectivity index (χ2v) is 4.09. The number of methoxy groups -OCH3 is 2. The van der Waals surface area contributed by atoms with Gasteiger partial charge in [0.1, 0.15) is 11.5 Å². The number of hydrogen-bond acceptors (Lipinski definition) is 3. The van der Waals surface area contributed by atoms with E-state index in [2.05, 4.69) is 0 Å². The Kier molecular flexibility index (Phi) is 3.80. The van der Waals surface area contributed by atoms with Crippen molar-refractivity contribution in [2.75, 3.05) is 26.2 Å². The molecule has 0 saturated carbocycles. The minimum absolute atomic E-state index is 0.00107. The Morgan fingerprint density at radius 2 is 1.63 bits per heavy atom. The lowest BCUT2D eigenvalue weighted by molar-refractivity contribution is 0.355. The van der Waals surface area contributed by atoms with Crippen molar-refractivity contribution >= 4 is 11.4 Å². The predicted octanol–water partition coefficient (Wildman–Crippen LogP) is 3.62. The summed E-state index contributed by atoms with van der Waals surface area (Å²) >= 11 is 0. The van der Waals surface area contributed by atoms with Gasteiger partial charge in [0, 0.05) is 18.8 Å².